The van der Waals surface area contributed by atoms with Gasteiger partial charge in [0.15, 0.2) is 0 Å². The molecule has 0 saturated carbocycles. The quantitative estimate of drug-likeness (QED) is 0.613. The van der Waals surface area contributed by atoms with Crippen LogP contribution in [0.5, 0.6) is 0 Å². The topological polar surface area (TPSA) is 66.0 Å². The number of amidine groups is 1. The highest BCUT2D eigenvalue weighted by Crippen LogP contribution is 2.24. The maximum Gasteiger partial charge on any atom is 0.128 e. The molecule has 5 heteroatoms. The summed E-state index contributed by atoms with van der Waals surface area (Å²) in [4.78, 5) is 6.55. The van der Waals surface area contributed by atoms with Crippen LogP contribution in [0.2, 0.25) is 0 Å². The van der Waals surface area contributed by atoms with E-state index in [2.05, 4.69) is 16.9 Å². The Labute approximate surface area is 99.7 Å². The predicted octanol–water partition coefficient (Wildman–Crippen LogP) is 1.31. The molecule has 0 spiro atoms. The number of pyridine rings is 1. The lowest BCUT2D eigenvalue weighted by Crippen LogP contribution is -2.32. The Balaban J connectivity index is 2.11. The molecule has 1 unspecified atom stereocenters. The number of nitrogens with two attached hydrogens (primary N) is 1. The second-order valence-corrected chi connectivity index (χ2v) is 5.10. The minimum Gasteiger partial charge on any atom is -0.384 e. The van der Waals surface area contributed by atoms with Gasteiger partial charge in [0.1, 0.15) is 11.7 Å². The van der Waals surface area contributed by atoms with Gasteiger partial charge in [0, 0.05) is 30.6 Å². The van der Waals surface area contributed by atoms with Crippen LogP contribution in [0.15, 0.2) is 18.3 Å². The molecular weight excluding hydrogens is 220 g/mol. The summed E-state index contributed by atoms with van der Waals surface area (Å²) in [5.74, 6) is 3.43. The summed E-state index contributed by atoms with van der Waals surface area (Å²) >= 11 is 1.99. The van der Waals surface area contributed by atoms with Crippen molar-refractivity contribution in [2.45, 2.75) is 12.5 Å². The maximum absolute atomic E-state index is 7.30. The van der Waals surface area contributed by atoms with Gasteiger partial charge in [-0.3, -0.25) is 5.41 Å². The number of hydrogen-bond donors (Lipinski definition) is 2. The summed E-state index contributed by atoms with van der Waals surface area (Å²) in [7, 11) is 2.08. The maximum atomic E-state index is 7.30. The smallest absolute Gasteiger partial charge is 0.128 e. The van der Waals surface area contributed by atoms with Crippen LogP contribution < -0.4 is 10.6 Å². The van der Waals surface area contributed by atoms with Crippen molar-refractivity contribution in [3.8, 4) is 0 Å². The van der Waals surface area contributed by atoms with Gasteiger partial charge in [-0.15, -0.1) is 0 Å². The number of nitrogens with one attached hydrogen (secondary N) is 1. The number of thioether (sulfide) groups is 1. The zero-order valence-corrected chi connectivity index (χ0v) is 10.1. The first-order chi connectivity index (χ1) is 7.68. The molecular formula is C11H16N4S. The number of rotatable bonds is 3. The van der Waals surface area contributed by atoms with Gasteiger partial charge in [-0.2, -0.15) is 11.8 Å². The summed E-state index contributed by atoms with van der Waals surface area (Å²) in [6.07, 6.45) is 2.88. The van der Waals surface area contributed by atoms with Gasteiger partial charge in [-0.25, -0.2) is 4.98 Å². The minimum atomic E-state index is 0.0677. The molecule has 3 N–H and O–H groups in total. The fourth-order valence-corrected chi connectivity index (χ4v) is 3.04. The first-order valence-corrected chi connectivity index (χ1v) is 6.45. The van der Waals surface area contributed by atoms with E-state index in [1.54, 1.807) is 6.20 Å². The Kier molecular flexibility index (Phi) is 3.33. The third-order valence-electron chi connectivity index (χ3n) is 2.87. The van der Waals surface area contributed by atoms with Gasteiger partial charge in [0.2, 0.25) is 0 Å². The van der Waals surface area contributed by atoms with E-state index in [1.807, 2.05) is 23.9 Å². The third kappa shape index (κ3) is 2.29. The van der Waals surface area contributed by atoms with Gasteiger partial charge < -0.3 is 10.6 Å². The van der Waals surface area contributed by atoms with Crippen LogP contribution in [0.3, 0.4) is 0 Å². The van der Waals surface area contributed by atoms with Crippen LogP contribution in [0, 0.1) is 5.41 Å². The van der Waals surface area contributed by atoms with Gasteiger partial charge >= 0.3 is 0 Å². The standard InChI is InChI=1S/C11H16N4S/c1-15(9-4-5-16-7-9)10-3-2-8(6-14-10)11(12)13/h2-3,6,9H,4-5,7H2,1H3,(H3,12,13). The van der Waals surface area contributed by atoms with Gasteiger partial charge in [0.05, 0.1) is 0 Å². The van der Waals surface area contributed by atoms with Gasteiger partial charge in [-0.05, 0) is 24.3 Å². The lowest BCUT2D eigenvalue weighted by atomic mass is 10.2. The van der Waals surface area contributed by atoms with Crippen LogP contribution in [-0.4, -0.2) is 35.4 Å². The lowest BCUT2D eigenvalue weighted by molar-refractivity contribution is 0.692. The molecule has 1 aromatic heterocycles. The van der Waals surface area contributed by atoms with Crippen LogP contribution in [-0.2, 0) is 0 Å². The highest BCUT2D eigenvalue weighted by Gasteiger charge is 2.20. The van der Waals surface area contributed by atoms with Crippen molar-refractivity contribution in [2.24, 2.45) is 5.73 Å². The largest absolute Gasteiger partial charge is 0.384 e. The van der Waals surface area contributed by atoms with Crippen LogP contribution in [0.25, 0.3) is 0 Å². The first-order valence-electron chi connectivity index (χ1n) is 5.29. The Morgan fingerprint density at radius 1 is 1.62 bits per heavy atom. The number of aromatic nitrogens is 1. The molecule has 0 aliphatic carbocycles. The highest BCUT2D eigenvalue weighted by molar-refractivity contribution is 7.99. The van der Waals surface area contributed by atoms with E-state index < -0.39 is 0 Å². The SMILES string of the molecule is CN(c1ccc(C(=N)N)cn1)C1CCSC1. The Hall–Kier alpha value is -1.23. The molecule has 0 amide bonds. The summed E-state index contributed by atoms with van der Waals surface area (Å²) in [6.45, 7) is 0. The van der Waals surface area contributed by atoms with Crippen molar-refractivity contribution in [2.75, 3.05) is 23.5 Å². The molecule has 1 aliphatic heterocycles. The molecule has 0 radical (unpaired) electrons. The Morgan fingerprint density at radius 3 is 2.94 bits per heavy atom. The zero-order chi connectivity index (χ0) is 11.5. The van der Waals surface area contributed by atoms with E-state index in [4.69, 9.17) is 11.1 Å². The molecule has 2 rings (SSSR count). The minimum absolute atomic E-state index is 0.0677. The van der Waals surface area contributed by atoms with Gasteiger partial charge in [-0.1, -0.05) is 0 Å². The average Bonchev–Trinajstić information content (AvgIpc) is 2.81. The van der Waals surface area contributed by atoms with Crippen molar-refractivity contribution in [3.63, 3.8) is 0 Å². The zero-order valence-electron chi connectivity index (χ0n) is 9.31. The molecule has 0 aromatic carbocycles. The molecule has 1 saturated heterocycles. The summed E-state index contributed by atoms with van der Waals surface area (Å²) in [6, 6.07) is 4.36. The lowest BCUT2D eigenvalue weighted by Gasteiger charge is -2.24. The summed E-state index contributed by atoms with van der Waals surface area (Å²) in [5.41, 5.74) is 6.07. The molecule has 1 aromatic rings. The van der Waals surface area contributed by atoms with E-state index in [1.165, 1.54) is 17.9 Å². The van der Waals surface area contributed by atoms with E-state index >= 15 is 0 Å². The first kappa shape index (κ1) is 11.3. The number of nitrogens with zero attached hydrogens (tertiary/aromatic N) is 2. The third-order valence-corrected chi connectivity index (χ3v) is 4.02. The van der Waals surface area contributed by atoms with Crippen LogP contribution >= 0.6 is 11.8 Å². The molecule has 16 heavy (non-hydrogen) atoms. The average molecular weight is 236 g/mol. The van der Waals surface area contributed by atoms with E-state index in [0.717, 1.165) is 5.82 Å². The van der Waals surface area contributed by atoms with Crippen molar-refractivity contribution in [1.82, 2.24) is 4.98 Å². The normalized spacial score (nSPS) is 19.7. The fourth-order valence-electron chi connectivity index (χ4n) is 1.77. The second kappa shape index (κ2) is 4.74. The van der Waals surface area contributed by atoms with Gasteiger partial charge in [0.25, 0.3) is 0 Å². The summed E-state index contributed by atoms with van der Waals surface area (Å²) in [5, 5.41) is 7.30. The number of nitrogen functional groups attached to an aromatic ring is 1. The molecule has 1 fully saturated rings. The Bertz CT molecular complexity index is 370. The van der Waals surface area contributed by atoms with E-state index in [0.29, 0.717) is 11.6 Å². The highest BCUT2D eigenvalue weighted by atomic mass is 32.2. The van der Waals surface area contributed by atoms with Crippen molar-refractivity contribution in [1.29, 1.82) is 5.41 Å². The summed E-state index contributed by atoms with van der Waals surface area (Å²) < 4.78 is 0. The van der Waals surface area contributed by atoms with Crippen molar-refractivity contribution in [3.05, 3.63) is 23.9 Å². The molecule has 0 bridgehead atoms. The number of anilines is 1. The predicted molar refractivity (Wildman–Crippen MR) is 69.4 cm³/mol. The van der Waals surface area contributed by atoms with Crippen LogP contribution in [0.4, 0.5) is 5.82 Å². The van der Waals surface area contributed by atoms with Crippen LogP contribution in [0.1, 0.15) is 12.0 Å². The molecule has 86 valence electrons. The fraction of sp³-hybridized carbons (Fsp3) is 0.455. The van der Waals surface area contributed by atoms with E-state index in [-0.39, 0.29) is 5.84 Å². The Morgan fingerprint density at radius 2 is 2.44 bits per heavy atom. The van der Waals surface area contributed by atoms with Crippen molar-refractivity contribution < 1.29 is 0 Å². The molecule has 4 nitrogen and oxygen atoms in total. The van der Waals surface area contributed by atoms with Crippen molar-refractivity contribution >= 4 is 23.4 Å². The molecule has 2 heterocycles. The second-order valence-electron chi connectivity index (χ2n) is 3.95. The van der Waals surface area contributed by atoms with E-state index in [9.17, 15) is 0 Å². The monoisotopic (exact) mass is 236 g/mol. The molecule has 1 aliphatic rings. The molecule has 1 atom stereocenters. The number of hydrogen-bond acceptors (Lipinski definition) is 4.